The summed E-state index contributed by atoms with van der Waals surface area (Å²) in [6.45, 7) is 2.33. The molecular formula is C33H31N3O5S. The van der Waals surface area contributed by atoms with Crippen LogP contribution in [-0.4, -0.2) is 37.2 Å². The van der Waals surface area contributed by atoms with E-state index in [4.69, 9.17) is 9.47 Å². The highest BCUT2D eigenvalue weighted by molar-refractivity contribution is 8.00. The number of benzene rings is 4. The molecule has 214 valence electrons. The van der Waals surface area contributed by atoms with Gasteiger partial charge >= 0.3 is 0 Å². The molecule has 8 nitrogen and oxygen atoms in total. The summed E-state index contributed by atoms with van der Waals surface area (Å²) in [6.07, 6.45) is 1.59. The normalized spacial score (nSPS) is 10.9. The van der Waals surface area contributed by atoms with E-state index in [-0.39, 0.29) is 17.4 Å². The Morgan fingerprint density at radius 1 is 0.810 bits per heavy atom. The van der Waals surface area contributed by atoms with Crippen molar-refractivity contribution in [3.8, 4) is 11.5 Å². The Morgan fingerprint density at radius 2 is 1.55 bits per heavy atom. The van der Waals surface area contributed by atoms with Gasteiger partial charge in [-0.25, -0.2) is 0 Å². The van der Waals surface area contributed by atoms with Gasteiger partial charge < -0.3 is 25.4 Å². The molecule has 0 radical (unpaired) electrons. The molecular weight excluding hydrogens is 550 g/mol. The van der Waals surface area contributed by atoms with Crippen LogP contribution in [0.15, 0.2) is 114 Å². The zero-order valence-electron chi connectivity index (χ0n) is 23.3. The van der Waals surface area contributed by atoms with Gasteiger partial charge in [-0.05, 0) is 67.6 Å². The second-order valence-electron chi connectivity index (χ2n) is 8.90. The first kappa shape index (κ1) is 30.0. The van der Waals surface area contributed by atoms with Gasteiger partial charge in [0.2, 0.25) is 5.91 Å². The van der Waals surface area contributed by atoms with Crippen molar-refractivity contribution < 1.29 is 23.9 Å². The van der Waals surface area contributed by atoms with E-state index >= 15 is 0 Å². The molecule has 0 aliphatic rings. The molecule has 4 aromatic carbocycles. The molecule has 0 saturated carbocycles. The average molecular weight is 582 g/mol. The number of hydrogen-bond acceptors (Lipinski definition) is 6. The van der Waals surface area contributed by atoms with Gasteiger partial charge in [-0.15, -0.1) is 11.8 Å². The van der Waals surface area contributed by atoms with Crippen LogP contribution in [0, 0.1) is 0 Å². The van der Waals surface area contributed by atoms with Crippen LogP contribution in [0.4, 0.5) is 11.4 Å². The minimum atomic E-state index is -0.497. The summed E-state index contributed by atoms with van der Waals surface area (Å²) in [5.74, 6) is 0.404. The van der Waals surface area contributed by atoms with Crippen LogP contribution in [0.3, 0.4) is 0 Å². The topological polar surface area (TPSA) is 106 Å². The van der Waals surface area contributed by atoms with Crippen LogP contribution < -0.4 is 25.4 Å². The summed E-state index contributed by atoms with van der Waals surface area (Å²) in [4.78, 5) is 39.6. The first-order valence-electron chi connectivity index (χ1n) is 13.2. The van der Waals surface area contributed by atoms with E-state index in [1.165, 1.54) is 11.8 Å². The van der Waals surface area contributed by atoms with Crippen LogP contribution in [0.25, 0.3) is 6.08 Å². The summed E-state index contributed by atoms with van der Waals surface area (Å²) in [5, 5.41) is 8.43. The Labute approximate surface area is 249 Å². The van der Waals surface area contributed by atoms with Gasteiger partial charge in [0, 0.05) is 33.5 Å². The Hall–Kier alpha value is -5.02. The van der Waals surface area contributed by atoms with Crippen molar-refractivity contribution in [2.24, 2.45) is 0 Å². The fourth-order valence-corrected chi connectivity index (χ4v) is 4.56. The number of para-hydroxylation sites is 1. The number of carbonyl (C=O) groups excluding carboxylic acids is 3. The number of methoxy groups -OCH3 is 1. The Kier molecular flexibility index (Phi) is 10.8. The lowest BCUT2D eigenvalue weighted by molar-refractivity contribution is -0.114. The third kappa shape index (κ3) is 8.74. The zero-order chi connectivity index (χ0) is 29.7. The molecule has 0 bridgehead atoms. The van der Waals surface area contributed by atoms with Crippen LogP contribution in [0.5, 0.6) is 11.5 Å². The van der Waals surface area contributed by atoms with Crippen LogP contribution in [-0.2, 0) is 9.59 Å². The first-order chi connectivity index (χ1) is 20.4. The molecule has 0 aromatic heterocycles. The number of anilines is 2. The van der Waals surface area contributed by atoms with Gasteiger partial charge in [0.05, 0.1) is 19.5 Å². The van der Waals surface area contributed by atoms with Crippen molar-refractivity contribution in [3.63, 3.8) is 0 Å². The molecule has 0 aliphatic heterocycles. The second-order valence-corrected chi connectivity index (χ2v) is 9.95. The van der Waals surface area contributed by atoms with Crippen molar-refractivity contribution in [2.45, 2.75) is 11.8 Å². The largest absolute Gasteiger partial charge is 0.497 e. The van der Waals surface area contributed by atoms with Gasteiger partial charge in [-0.3, -0.25) is 14.4 Å². The van der Waals surface area contributed by atoms with Gasteiger partial charge in [0.1, 0.15) is 17.2 Å². The number of amides is 3. The molecule has 42 heavy (non-hydrogen) atoms. The molecule has 0 heterocycles. The standard InChI is InChI=1S/C33H31N3O5S/c1-3-41-30-15-8-7-12-24(30)20-29(36-32(38)23-10-5-4-6-11-23)33(39)35-25-16-18-28(19-17-25)42-22-31(37)34-26-13-9-14-27(21-26)40-2/h4-21H,3,22H2,1-2H3,(H,34,37)(H,35,39)(H,36,38)/b29-20-. The Bertz CT molecular complexity index is 1560. The monoisotopic (exact) mass is 581 g/mol. The van der Waals surface area contributed by atoms with Gasteiger partial charge in [-0.2, -0.15) is 0 Å². The minimum Gasteiger partial charge on any atom is -0.497 e. The highest BCUT2D eigenvalue weighted by Crippen LogP contribution is 2.24. The molecule has 3 N–H and O–H groups in total. The van der Waals surface area contributed by atoms with Gasteiger partial charge in [-0.1, -0.05) is 42.5 Å². The Morgan fingerprint density at radius 3 is 2.29 bits per heavy atom. The fraction of sp³-hybridized carbons (Fsp3) is 0.121. The average Bonchev–Trinajstić information content (AvgIpc) is 3.02. The fourth-order valence-electron chi connectivity index (χ4n) is 3.86. The van der Waals surface area contributed by atoms with E-state index in [9.17, 15) is 14.4 Å². The highest BCUT2D eigenvalue weighted by atomic mass is 32.2. The number of nitrogens with one attached hydrogen (secondary N) is 3. The zero-order valence-corrected chi connectivity index (χ0v) is 24.1. The molecule has 0 fully saturated rings. The maximum absolute atomic E-state index is 13.4. The predicted molar refractivity (Wildman–Crippen MR) is 167 cm³/mol. The molecule has 4 rings (SSSR count). The third-order valence-electron chi connectivity index (χ3n) is 5.88. The first-order valence-corrected chi connectivity index (χ1v) is 14.2. The number of thioether (sulfide) groups is 1. The lowest BCUT2D eigenvalue weighted by Gasteiger charge is -2.13. The SMILES string of the molecule is CCOc1ccccc1/C=C(\NC(=O)c1ccccc1)C(=O)Nc1ccc(SCC(=O)Nc2cccc(OC)c2)cc1. The Balaban J connectivity index is 1.43. The second kappa shape index (κ2) is 15.1. The lowest BCUT2D eigenvalue weighted by Crippen LogP contribution is -2.30. The van der Waals surface area contributed by atoms with E-state index in [0.29, 0.717) is 40.6 Å². The summed E-state index contributed by atoms with van der Waals surface area (Å²) in [5.41, 5.74) is 2.32. The highest BCUT2D eigenvalue weighted by Gasteiger charge is 2.16. The molecule has 0 spiro atoms. The van der Waals surface area contributed by atoms with Crippen LogP contribution in [0.2, 0.25) is 0 Å². The van der Waals surface area contributed by atoms with Crippen LogP contribution >= 0.6 is 11.8 Å². The number of hydrogen-bond donors (Lipinski definition) is 3. The maximum Gasteiger partial charge on any atom is 0.272 e. The molecule has 0 unspecified atom stereocenters. The van der Waals surface area contributed by atoms with E-state index < -0.39 is 11.8 Å². The van der Waals surface area contributed by atoms with Crippen molar-refractivity contribution in [2.75, 3.05) is 30.1 Å². The minimum absolute atomic E-state index is 0.0590. The van der Waals surface area contributed by atoms with E-state index in [0.717, 1.165) is 4.90 Å². The van der Waals surface area contributed by atoms with Gasteiger partial charge in [0.25, 0.3) is 11.8 Å². The van der Waals surface area contributed by atoms with E-state index in [1.54, 1.807) is 79.9 Å². The molecule has 0 saturated heterocycles. The third-order valence-corrected chi connectivity index (χ3v) is 6.90. The van der Waals surface area contributed by atoms with Gasteiger partial charge in [0.15, 0.2) is 0 Å². The number of rotatable bonds is 12. The van der Waals surface area contributed by atoms with Crippen molar-refractivity contribution in [1.82, 2.24) is 5.32 Å². The predicted octanol–water partition coefficient (Wildman–Crippen LogP) is 6.23. The molecule has 9 heteroatoms. The van der Waals surface area contributed by atoms with Crippen molar-refractivity contribution in [1.29, 1.82) is 0 Å². The maximum atomic E-state index is 13.4. The van der Waals surface area contributed by atoms with E-state index in [1.807, 2.05) is 43.3 Å². The van der Waals surface area contributed by atoms with Crippen molar-refractivity contribution >= 4 is 46.9 Å². The summed E-state index contributed by atoms with van der Waals surface area (Å²) >= 11 is 1.37. The van der Waals surface area contributed by atoms with E-state index in [2.05, 4.69) is 16.0 Å². The quantitative estimate of drug-likeness (QED) is 0.135. The lowest BCUT2D eigenvalue weighted by atomic mass is 10.1. The summed E-state index contributed by atoms with van der Waals surface area (Å²) in [7, 11) is 1.57. The van der Waals surface area contributed by atoms with Crippen molar-refractivity contribution in [3.05, 3.63) is 120 Å². The molecule has 4 aromatic rings. The molecule has 0 atom stereocenters. The summed E-state index contributed by atoms with van der Waals surface area (Å²) < 4.78 is 10.9. The number of carbonyl (C=O) groups is 3. The molecule has 0 aliphatic carbocycles. The number of ether oxygens (including phenoxy) is 2. The summed E-state index contributed by atoms with van der Waals surface area (Å²) in [6, 6.07) is 30.2. The molecule has 3 amide bonds. The smallest absolute Gasteiger partial charge is 0.272 e. The van der Waals surface area contributed by atoms with Crippen LogP contribution in [0.1, 0.15) is 22.8 Å².